The summed E-state index contributed by atoms with van der Waals surface area (Å²) >= 11 is 0. The van der Waals surface area contributed by atoms with Gasteiger partial charge in [0.25, 0.3) is 0 Å². The van der Waals surface area contributed by atoms with Crippen molar-refractivity contribution >= 4 is 0 Å². The van der Waals surface area contributed by atoms with Crippen LogP contribution in [0.5, 0.6) is 0 Å². The Morgan fingerprint density at radius 3 is 2.10 bits per heavy atom. The summed E-state index contributed by atoms with van der Waals surface area (Å²) in [7, 11) is 0. The zero-order valence-electron chi connectivity index (χ0n) is 12.7. The van der Waals surface area contributed by atoms with Gasteiger partial charge in [-0.2, -0.15) is 0 Å². The Morgan fingerprint density at radius 1 is 0.900 bits per heavy atom. The van der Waals surface area contributed by atoms with Crippen molar-refractivity contribution < 1.29 is 0 Å². The number of hydrogen-bond donors (Lipinski definition) is 0. The minimum absolute atomic E-state index is 0.603. The molecule has 2 fully saturated rings. The van der Waals surface area contributed by atoms with Gasteiger partial charge < -0.3 is 0 Å². The van der Waals surface area contributed by atoms with E-state index < -0.39 is 0 Å². The predicted molar refractivity (Wildman–Crippen MR) is 85.1 cm³/mol. The van der Waals surface area contributed by atoms with E-state index >= 15 is 0 Å². The van der Waals surface area contributed by atoms with E-state index in [0.717, 1.165) is 5.92 Å². The van der Waals surface area contributed by atoms with E-state index in [2.05, 4.69) is 57.2 Å². The van der Waals surface area contributed by atoms with E-state index in [-0.39, 0.29) is 0 Å². The van der Waals surface area contributed by atoms with Gasteiger partial charge in [-0.1, -0.05) is 42.0 Å². The Labute approximate surface area is 121 Å². The first-order valence-corrected chi connectivity index (χ1v) is 7.79. The quantitative estimate of drug-likeness (QED) is 0.686. The minimum Gasteiger partial charge on any atom is -0.0587 e. The monoisotopic (exact) mass is 262 g/mol. The maximum atomic E-state index is 2.45. The van der Waals surface area contributed by atoms with Crippen LogP contribution in [-0.4, -0.2) is 0 Å². The molecule has 102 valence electrons. The van der Waals surface area contributed by atoms with Crippen molar-refractivity contribution in [3.63, 3.8) is 0 Å². The minimum atomic E-state index is 0.603. The van der Waals surface area contributed by atoms with Crippen LogP contribution in [0.25, 0.3) is 11.1 Å². The van der Waals surface area contributed by atoms with Gasteiger partial charge in [0.2, 0.25) is 0 Å². The lowest BCUT2D eigenvalue weighted by Gasteiger charge is -2.26. The summed E-state index contributed by atoms with van der Waals surface area (Å²) in [5, 5.41) is 0. The van der Waals surface area contributed by atoms with Crippen molar-refractivity contribution in [2.45, 2.75) is 45.4 Å². The topological polar surface area (TPSA) is 0 Å². The van der Waals surface area contributed by atoms with Crippen LogP contribution in [0, 0.1) is 26.7 Å². The fourth-order valence-corrected chi connectivity index (χ4v) is 4.17. The maximum Gasteiger partial charge on any atom is -0.00153 e. The van der Waals surface area contributed by atoms with Gasteiger partial charge >= 0.3 is 0 Å². The normalized spacial score (nSPS) is 26.9. The molecule has 1 unspecified atom stereocenters. The van der Waals surface area contributed by atoms with Crippen molar-refractivity contribution in [1.29, 1.82) is 0 Å². The second-order valence-corrected chi connectivity index (χ2v) is 6.94. The molecule has 2 aliphatic carbocycles. The molecule has 2 aromatic carbocycles. The second kappa shape index (κ2) is 3.97. The molecular weight excluding hydrogens is 240 g/mol. The van der Waals surface area contributed by atoms with Gasteiger partial charge in [0.1, 0.15) is 0 Å². The molecule has 0 amide bonds. The zero-order valence-corrected chi connectivity index (χ0v) is 12.7. The number of benzene rings is 2. The van der Waals surface area contributed by atoms with Crippen molar-refractivity contribution in [2.75, 3.05) is 0 Å². The Kier molecular flexibility index (Phi) is 2.42. The van der Waals surface area contributed by atoms with Crippen molar-refractivity contribution in [3.8, 4) is 11.1 Å². The summed E-state index contributed by atoms with van der Waals surface area (Å²) in [6.45, 7) is 6.65. The van der Waals surface area contributed by atoms with E-state index in [9.17, 15) is 0 Å². The van der Waals surface area contributed by atoms with Gasteiger partial charge in [-0.05, 0) is 79.2 Å². The van der Waals surface area contributed by atoms with Crippen LogP contribution in [0.3, 0.4) is 0 Å². The molecule has 20 heavy (non-hydrogen) atoms. The fourth-order valence-electron chi connectivity index (χ4n) is 4.17. The molecule has 2 aromatic rings. The molecule has 0 heteroatoms. The molecule has 0 radical (unpaired) electrons. The molecule has 0 nitrogen and oxygen atoms in total. The predicted octanol–water partition coefficient (Wildman–Crippen LogP) is 5.33. The molecule has 0 aromatic heterocycles. The average Bonchev–Trinajstić information content (AvgIpc) is 2.93. The fraction of sp³-hybridized carbons (Fsp3) is 0.400. The van der Waals surface area contributed by atoms with Crippen LogP contribution in [0.4, 0.5) is 0 Å². The highest BCUT2D eigenvalue weighted by Crippen LogP contribution is 2.68. The third-order valence-corrected chi connectivity index (χ3v) is 5.64. The zero-order chi connectivity index (χ0) is 13.9. The average molecular weight is 262 g/mol. The Balaban J connectivity index is 1.76. The van der Waals surface area contributed by atoms with Crippen molar-refractivity contribution in [1.82, 2.24) is 0 Å². The number of rotatable bonds is 2. The van der Waals surface area contributed by atoms with Crippen LogP contribution < -0.4 is 0 Å². The number of fused-ring (bicyclic) bond motifs is 1. The van der Waals surface area contributed by atoms with E-state index in [4.69, 9.17) is 0 Å². The van der Waals surface area contributed by atoms with E-state index in [1.165, 1.54) is 47.1 Å². The first-order chi connectivity index (χ1) is 9.60. The maximum absolute atomic E-state index is 2.45. The smallest absolute Gasteiger partial charge is 0.00153 e. The molecule has 0 saturated heterocycles. The van der Waals surface area contributed by atoms with Gasteiger partial charge in [0.15, 0.2) is 0 Å². The van der Waals surface area contributed by atoms with Gasteiger partial charge in [0.05, 0.1) is 0 Å². The lowest BCUT2D eigenvalue weighted by molar-refractivity contribution is 0.400. The highest BCUT2D eigenvalue weighted by atomic mass is 14.6. The molecule has 0 spiro atoms. The van der Waals surface area contributed by atoms with E-state index in [0.29, 0.717) is 5.41 Å². The molecule has 0 heterocycles. The van der Waals surface area contributed by atoms with Crippen LogP contribution in [0.2, 0.25) is 0 Å². The first kappa shape index (κ1) is 12.2. The summed E-state index contributed by atoms with van der Waals surface area (Å²) in [5.74, 6) is 1.01. The highest BCUT2D eigenvalue weighted by molar-refractivity contribution is 5.71. The summed E-state index contributed by atoms with van der Waals surface area (Å²) in [5.41, 5.74) is 9.14. The largest absolute Gasteiger partial charge is 0.0587 e. The Morgan fingerprint density at radius 2 is 1.60 bits per heavy atom. The molecule has 2 aliphatic rings. The van der Waals surface area contributed by atoms with Gasteiger partial charge in [-0.3, -0.25) is 0 Å². The Bertz CT molecular complexity index is 691. The van der Waals surface area contributed by atoms with Gasteiger partial charge in [-0.25, -0.2) is 0 Å². The van der Waals surface area contributed by atoms with Crippen molar-refractivity contribution in [3.05, 3.63) is 58.7 Å². The van der Waals surface area contributed by atoms with E-state index in [1.54, 1.807) is 5.56 Å². The molecule has 0 bridgehead atoms. The lowest BCUT2D eigenvalue weighted by atomic mass is 9.78. The Hall–Kier alpha value is -1.56. The first-order valence-electron chi connectivity index (χ1n) is 7.79. The van der Waals surface area contributed by atoms with Crippen molar-refractivity contribution in [2.24, 2.45) is 5.92 Å². The molecule has 2 atom stereocenters. The molecule has 0 N–H and O–H groups in total. The highest BCUT2D eigenvalue weighted by Gasteiger charge is 2.61. The second-order valence-electron chi connectivity index (χ2n) is 6.94. The van der Waals surface area contributed by atoms with Crippen LogP contribution in [-0.2, 0) is 5.41 Å². The number of aryl methyl sites for hydroxylation is 3. The lowest BCUT2D eigenvalue weighted by Crippen LogP contribution is -2.19. The standard InChI is InChI=1S/C20H22/c1-13-4-6-18(14(2)10-13)19-7-5-16(11-15(19)3)20-9-8-17(20)12-20/h4-7,10-11,17H,8-9,12H2,1-3H3/t17?,20-/m0/s1. The van der Waals surface area contributed by atoms with Crippen LogP contribution in [0.15, 0.2) is 36.4 Å². The van der Waals surface area contributed by atoms with E-state index in [1.807, 2.05) is 0 Å². The van der Waals surface area contributed by atoms with Gasteiger partial charge in [0, 0.05) is 0 Å². The molecule has 4 rings (SSSR count). The molecular formula is C20H22. The SMILES string of the molecule is Cc1ccc(-c2ccc([C@@]34CCC3C4)cc2C)c(C)c1. The third kappa shape index (κ3) is 1.60. The molecule has 2 saturated carbocycles. The summed E-state index contributed by atoms with van der Waals surface area (Å²) < 4.78 is 0. The third-order valence-electron chi connectivity index (χ3n) is 5.64. The van der Waals surface area contributed by atoms with Gasteiger partial charge in [-0.15, -0.1) is 0 Å². The number of hydrogen-bond acceptors (Lipinski definition) is 0. The summed E-state index contributed by atoms with van der Waals surface area (Å²) in [6, 6.07) is 14.0. The molecule has 0 aliphatic heterocycles. The summed E-state index contributed by atoms with van der Waals surface area (Å²) in [4.78, 5) is 0. The van der Waals surface area contributed by atoms with Crippen LogP contribution in [0.1, 0.15) is 41.5 Å². The summed E-state index contributed by atoms with van der Waals surface area (Å²) in [6.07, 6.45) is 4.31. The van der Waals surface area contributed by atoms with Crippen LogP contribution >= 0.6 is 0 Å².